The molecule has 127 heavy (non-hydrogen) atoms. The average Bonchev–Trinajstić information content (AvgIpc) is 0.736. The van der Waals surface area contributed by atoms with Gasteiger partial charge in [-0.25, -0.2) is 0 Å². The minimum atomic E-state index is -0.177. The van der Waals surface area contributed by atoms with Crippen LogP contribution >= 0.6 is 0 Å². The number of hydrogen-bond acceptors (Lipinski definition) is 13. The molecule has 1 heterocycles. The highest BCUT2D eigenvalue weighted by molar-refractivity contribution is 6.05. The molecule has 6 aliphatic rings. The smallest absolute Gasteiger partial charge is 0.373 e. The highest BCUT2D eigenvalue weighted by Crippen LogP contribution is 2.55. The summed E-state index contributed by atoms with van der Waals surface area (Å²) in [5, 5.41) is 31.8. The van der Waals surface area contributed by atoms with Gasteiger partial charge in [0.15, 0.2) is 0 Å². The Hall–Kier alpha value is -8.87. The number of aromatic hydroxyl groups is 3. The molecule has 2 radical (unpaired) electrons. The number of fused-ring (bicyclic) bond motifs is 3. The zero-order valence-corrected chi connectivity index (χ0v) is 83.2. The van der Waals surface area contributed by atoms with E-state index in [0.717, 1.165) is 152 Å². The maximum atomic E-state index is 12.2. The van der Waals surface area contributed by atoms with Gasteiger partial charge < -0.3 is 48.5 Å². The van der Waals surface area contributed by atoms with Crippen LogP contribution in [0.15, 0.2) is 156 Å². The van der Waals surface area contributed by atoms with Crippen LogP contribution in [0.3, 0.4) is 0 Å². The number of methoxy groups -OCH3 is 6. The quantitative estimate of drug-likeness (QED) is 0.0206. The van der Waals surface area contributed by atoms with Crippen LogP contribution in [-0.4, -0.2) is 83.4 Å². The van der Waals surface area contributed by atoms with E-state index in [4.69, 9.17) is 45.5 Å². The Morgan fingerprint density at radius 3 is 1.00 bits per heavy atom. The van der Waals surface area contributed by atoms with E-state index >= 15 is 0 Å². The van der Waals surface area contributed by atoms with Crippen molar-refractivity contribution in [1.82, 2.24) is 0 Å². The van der Waals surface area contributed by atoms with Crippen LogP contribution in [0, 0.1) is 29.6 Å². The summed E-state index contributed by atoms with van der Waals surface area (Å²) in [6.07, 6.45) is 46.0. The van der Waals surface area contributed by atoms with Crippen molar-refractivity contribution in [2.24, 2.45) is 29.6 Å². The number of aryl methyl sites for hydroxylation is 5. The Balaban J connectivity index is 0.000000405. The molecule has 11 rings (SSSR count). The van der Waals surface area contributed by atoms with E-state index < -0.39 is 0 Å². The molecule has 1 aliphatic heterocycles. The molecule has 10 atom stereocenters. The molecule has 702 valence electrons. The van der Waals surface area contributed by atoms with Crippen molar-refractivity contribution in [2.75, 3.05) is 42.7 Å². The molecule has 0 aromatic heterocycles. The average molecular weight is 1750 g/mol. The molecule has 0 unspecified atom stereocenters. The monoisotopic (exact) mass is 1750 g/mol. The zero-order valence-electron chi connectivity index (χ0n) is 85.2. The van der Waals surface area contributed by atoms with Crippen molar-refractivity contribution in [3.05, 3.63) is 212 Å². The molecule has 0 bridgehead atoms. The van der Waals surface area contributed by atoms with Crippen LogP contribution in [0.5, 0.6) is 57.5 Å². The maximum absolute atomic E-state index is 12.2. The minimum Gasteiger partial charge on any atom is -0.507 e. The number of phenolic OH excluding ortho intramolecular Hbond substituents is 3. The van der Waals surface area contributed by atoms with E-state index in [9.17, 15) is 20.1 Å². The lowest BCUT2D eigenvalue weighted by Crippen LogP contribution is -2.45. The second-order valence-electron chi connectivity index (χ2n) is 36.5. The predicted molar refractivity (Wildman–Crippen MR) is 534 cm³/mol. The molecule has 5 aromatic carbocycles. The fraction of sp³-hybridized carbons (Fsp3) is 0.575. The van der Waals surface area contributed by atoms with Crippen molar-refractivity contribution >= 4 is 19.8 Å². The summed E-state index contributed by atoms with van der Waals surface area (Å²) in [5.41, 5.74) is 20.3. The van der Waals surface area contributed by atoms with Crippen LogP contribution in [0.2, 0.25) is 6.80 Å². The molecule has 13 nitrogen and oxygen atoms in total. The van der Waals surface area contributed by atoms with Crippen LogP contribution in [0.1, 0.15) is 367 Å². The van der Waals surface area contributed by atoms with Gasteiger partial charge in [0.1, 0.15) is 68.9 Å². The number of hydrogen-bond donors (Lipinski definition) is 3. The molecular weight excluding hydrogens is 1580 g/mol. The summed E-state index contributed by atoms with van der Waals surface area (Å²) in [6.45, 7) is 49.0. The number of rotatable bonds is 33. The number of ether oxygens (including phenoxy) is 7. The Morgan fingerprint density at radius 1 is 0.441 bits per heavy atom. The summed E-state index contributed by atoms with van der Waals surface area (Å²) < 4.78 is 52.7. The Bertz CT molecular complexity index is 4230. The van der Waals surface area contributed by atoms with Crippen LogP contribution in [0.4, 0.5) is 0 Å². The van der Waals surface area contributed by atoms with Gasteiger partial charge in [-0.05, 0) is 304 Å². The lowest BCUT2D eigenvalue weighted by molar-refractivity contribution is -0.191. The van der Waals surface area contributed by atoms with E-state index in [1.54, 1.807) is 49.6 Å². The lowest BCUT2D eigenvalue weighted by Gasteiger charge is -2.46. The SMILES string of the molecule is C=C.C=C(C)[C@@H]1CCC(C)=C[C@H]1c1c(O)cc(CCCCC)cc1O.C=C(C)[C@@H]1CCC(C)=C[C@H]1c1c(OC)cc(CCCCC)cc1OC.CCCCCc1cc(O)c2c(c1)OC(C)(C)[C@@H]1CCC(C)=C[C@@H]21.CCCCCc1cc(OC)c([C@@H]2C=C(C)CC[C@H]2C(C)=O)c(OC)c1.CCCCCc1cc(OC)c([C@@H]2C=C(C)CC[C@H]2C)c(OC)c1.O=C=O.[2H]C[B].[3H]C. The minimum absolute atomic E-state index is 0. The number of Topliss-reactive ketones (excluding diaryl/α,β-unsaturated/α-hetero) is 1. The van der Waals surface area contributed by atoms with Crippen molar-refractivity contribution in [1.29, 1.82) is 0 Å². The van der Waals surface area contributed by atoms with E-state index in [-0.39, 0.29) is 71.3 Å². The first-order chi connectivity index (χ1) is 61.8. The van der Waals surface area contributed by atoms with Gasteiger partial charge >= 0.3 is 6.15 Å². The number of carbonyl (C=O) groups excluding carboxylic acids is 3. The maximum Gasteiger partial charge on any atom is 0.373 e. The van der Waals surface area contributed by atoms with E-state index in [0.29, 0.717) is 35.0 Å². The first-order valence-corrected chi connectivity index (χ1v) is 47.3. The first-order valence-electron chi connectivity index (χ1n) is 49.0. The number of ketones is 1. The van der Waals surface area contributed by atoms with Crippen LogP contribution < -0.4 is 33.2 Å². The highest BCUT2D eigenvalue weighted by Gasteiger charge is 2.46. The molecule has 0 fully saturated rings. The molecule has 0 saturated heterocycles. The Morgan fingerprint density at radius 2 is 0.693 bits per heavy atom. The third kappa shape index (κ3) is 33.2. The second-order valence-corrected chi connectivity index (χ2v) is 36.5. The van der Waals surface area contributed by atoms with Crippen LogP contribution in [0.25, 0.3) is 0 Å². The van der Waals surface area contributed by atoms with Gasteiger partial charge in [0.25, 0.3) is 0 Å². The highest BCUT2D eigenvalue weighted by atomic mass is 16.5. The van der Waals surface area contributed by atoms with Gasteiger partial charge in [0.05, 0.1) is 50.5 Å². The van der Waals surface area contributed by atoms with Gasteiger partial charge in [-0.2, -0.15) is 9.59 Å². The fourth-order valence-corrected chi connectivity index (χ4v) is 19.4. The van der Waals surface area contributed by atoms with Gasteiger partial charge in [0, 0.05) is 72.0 Å². The molecular formula is C113H169BO13. The van der Waals surface area contributed by atoms with E-state index in [1.165, 1.54) is 177 Å². The largest absolute Gasteiger partial charge is 0.507 e. The third-order valence-corrected chi connectivity index (χ3v) is 26.3. The van der Waals surface area contributed by atoms with Crippen LogP contribution in [-0.2, 0) is 46.5 Å². The number of benzene rings is 5. The molecule has 0 spiro atoms. The Kier molecular flexibility index (Phi) is 50.2. The molecule has 0 saturated carbocycles. The van der Waals surface area contributed by atoms with Gasteiger partial charge in [0.2, 0.25) is 0 Å². The number of phenols is 3. The fourth-order valence-electron chi connectivity index (χ4n) is 19.4. The molecule has 5 aliphatic carbocycles. The van der Waals surface area contributed by atoms with Crippen molar-refractivity contribution in [2.45, 2.75) is 353 Å². The standard InChI is InChI=1S/C23H34O2.C22H32O3.C21H30O2.C21H32O2.C21H30O2.C2H4.CH3B.CO2.CH4/c1-7-8-9-10-18-14-21(24-5)23(22(15-18)25-6)20-13-17(4)11-12-19(20)16(2)3;1-6-7-8-9-17-13-20(24-4)22(21(14-17)25-5)19-12-15(2)10-11-18(19)16(3)23;1-5-6-7-8-15-12-18(22)20-16-11-14(2)9-10-17(16)21(3,4)23-19(20)13-15;1-6-7-8-9-17-13-19(22-4)21(20(14-17)23-5)18-12-15(2)10-11-16(18)3;1-5-6-7-8-16-12-19(22)21(20(23)13-16)18-11-15(4)9-10-17(18)14(2)3;2*1-2;2-1-3;/h13-15,19-20H,2,7-12H2,1,3-6H3;12-14,18-19H,6-11H2,1-5H3;11-13,16-17,22H,5-10H2,1-4H3;12-14,16,18H,6-11H2,1-5H3;11-13,17-18,22-23H,2,5-10H2,1,3-4H3;1-2H2;1H3;;1H4/t19-,20+;18-,19+;16-,17-;16-,18-;17-,18+;;;;/m00110..../s1/i;;;;;;1D;;1T. The summed E-state index contributed by atoms with van der Waals surface area (Å²) in [5.74, 6) is 10.3. The van der Waals surface area contributed by atoms with Crippen molar-refractivity contribution < 1.29 is 65.6 Å². The molecule has 3 N–H and O–H groups in total. The molecule has 14 heteroatoms. The summed E-state index contributed by atoms with van der Waals surface area (Å²) in [4.78, 5) is 28.5. The van der Waals surface area contributed by atoms with Gasteiger partial charge in [-0.15, -0.1) is 13.2 Å². The number of allylic oxidation sites excluding steroid dienone is 12. The van der Waals surface area contributed by atoms with Crippen molar-refractivity contribution in [3.8, 4) is 57.5 Å². The normalized spacial score (nSPS) is 20.4. The number of carbonyl (C=O) groups is 1. The van der Waals surface area contributed by atoms with Gasteiger partial charge in [-0.3, -0.25) is 4.79 Å². The predicted octanol–water partition coefficient (Wildman–Crippen LogP) is 30.5. The first kappa shape index (κ1) is 109. The number of unbranched alkanes of at least 4 members (excludes halogenated alkanes) is 10. The van der Waals surface area contributed by atoms with Gasteiger partial charge in [-0.1, -0.05) is 203 Å². The summed E-state index contributed by atoms with van der Waals surface area (Å²) in [7, 11) is 16.3. The molecule has 0 amide bonds. The lowest BCUT2D eigenvalue weighted by atomic mass is 9.68. The third-order valence-electron chi connectivity index (χ3n) is 26.3. The second kappa shape index (κ2) is 58.6. The zero-order chi connectivity index (χ0) is 96.6. The van der Waals surface area contributed by atoms with Crippen molar-refractivity contribution in [3.63, 3.8) is 0 Å². The topological polar surface area (TPSA) is 177 Å². The molecule has 5 aromatic rings. The van der Waals surface area contributed by atoms with E-state index in [1.807, 2.05) is 25.1 Å². The Labute approximate surface area is 775 Å². The van der Waals surface area contributed by atoms with E-state index in [2.05, 4.69) is 204 Å². The summed E-state index contributed by atoms with van der Waals surface area (Å²) >= 11 is 0. The summed E-state index contributed by atoms with van der Waals surface area (Å²) in [6, 6.07) is 20.9.